The topological polar surface area (TPSA) is 12.5 Å². The standard InChI is InChI=1S/C14H15NO/c1-2-4-13-11-14(6-5-12(13)3-1)15-7-9-16-10-8-15/h1-6,11H,7-10H2. The van der Waals surface area contributed by atoms with Crippen molar-refractivity contribution in [2.75, 3.05) is 31.2 Å². The minimum Gasteiger partial charge on any atom is -0.378 e. The minimum absolute atomic E-state index is 0.840. The zero-order valence-electron chi connectivity index (χ0n) is 9.23. The van der Waals surface area contributed by atoms with Crippen molar-refractivity contribution in [2.45, 2.75) is 0 Å². The molecule has 0 saturated carbocycles. The molecule has 0 spiro atoms. The molecule has 0 radical (unpaired) electrons. The molecule has 0 unspecified atom stereocenters. The summed E-state index contributed by atoms with van der Waals surface area (Å²) in [6, 6.07) is 15.1. The maximum Gasteiger partial charge on any atom is 0.0642 e. The van der Waals surface area contributed by atoms with Crippen LogP contribution in [0.4, 0.5) is 5.69 Å². The fraction of sp³-hybridized carbons (Fsp3) is 0.286. The Labute approximate surface area is 95.4 Å². The first kappa shape index (κ1) is 9.67. The SMILES string of the molecule is c1ccc2cc(N3CCOCC3)ccc2c1. The van der Waals surface area contributed by atoms with Crippen molar-refractivity contribution < 1.29 is 4.74 Å². The van der Waals surface area contributed by atoms with Crippen molar-refractivity contribution in [3.8, 4) is 0 Å². The van der Waals surface area contributed by atoms with Gasteiger partial charge in [0, 0.05) is 18.8 Å². The minimum atomic E-state index is 0.840. The highest BCUT2D eigenvalue weighted by molar-refractivity contribution is 5.85. The third-order valence-electron chi connectivity index (χ3n) is 3.11. The lowest BCUT2D eigenvalue weighted by Crippen LogP contribution is -2.36. The summed E-state index contributed by atoms with van der Waals surface area (Å²) in [5.41, 5.74) is 1.31. The van der Waals surface area contributed by atoms with Crippen molar-refractivity contribution in [3.05, 3.63) is 42.5 Å². The predicted octanol–water partition coefficient (Wildman–Crippen LogP) is 2.68. The van der Waals surface area contributed by atoms with E-state index in [4.69, 9.17) is 4.74 Å². The van der Waals surface area contributed by atoms with E-state index < -0.39 is 0 Å². The molecule has 1 saturated heterocycles. The fourth-order valence-electron chi connectivity index (χ4n) is 2.19. The van der Waals surface area contributed by atoms with Gasteiger partial charge in [0.2, 0.25) is 0 Å². The van der Waals surface area contributed by atoms with Crippen LogP contribution in [0.2, 0.25) is 0 Å². The van der Waals surface area contributed by atoms with Gasteiger partial charge in [-0.1, -0.05) is 30.3 Å². The molecule has 0 bridgehead atoms. The summed E-state index contributed by atoms with van der Waals surface area (Å²) in [6.45, 7) is 3.68. The van der Waals surface area contributed by atoms with Crippen molar-refractivity contribution in [3.63, 3.8) is 0 Å². The molecular formula is C14H15NO. The number of anilines is 1. The molecule has 0 N–H and O–H groups in total. The number of fused-ring (bicyclic) bond motifs is 1. The van der Waals surface area contributed by atoms with Gasteiger partial charge in [-0.15, -0.1) is 0 Å². The van der Waals surface area contributed by atoms with Crippen LogP contribution in [0.15, 0.2) is 42.5 Å². The van der Waals surface area contributed by atoms with Gasteiger partial charge < -0.3 is 9.64 Å². The Balaban J connectivity index is 1.97. The van der Waals surface area contributed by atoms with Gasteiger partial charge in [0.05, 0.1) is 13.2 Å². The average molecular weight is 213 g/mol. The second-order valence-electron chi connectivity index (χ2n) is 4.13. The van der Waals surface area contributed by atoms with Gasteiger partial charge in [-0.25, -0.2) is 0 Å². The van der Waals surface area contributed by atoms with Gasteiger partial charge in [0.25, 0.3) is 0 Å². The Hall–Kier alpha value is -1.54. The lowest BCUT2D eigenvalue weighted by Gasteiger charge is -2.29. The first-order valence-corrected chi connectivity index (χ1v) is 5.75. The quantitative estimate of drug-likeness (QED) is 0.722. The van der Waals surface area contributed by atoms with E-state index in [-0.39, 0.29) is 0 Å². The highest BCUT2D eigenvalue weighted by Crippen LogP contribution is 2.22. The van der Waals surface area contributed by atoms with E-state index in [0.29, 0.717) is 0 Å². The van der Waals surface area contributed by atoms with Gasteiger partial charge >= 0.3 is 0 Å². The third kappa shape index (κ3) is 1.76. The molecule has 2 aromatic carbocycles. The predicted molar refractivity (Wildman–Crippen MR) is 67.0 cm³/mol. The molecule has 2 nitrogen and oxygen atoms in total. The Morgan fingerprint density at radius 2 is 1.62 bits per heavy atom. The molecule has 0 atom stereocenters. The second kappa shape index (κ2) is 4.14. The highest BCUT2D eigenvalue weighted by Gasteiger charge is 2.10. The Kier molecular flexibility index (Phi) is 2.50. The molecular weight excluding hydrogens is 198 g/mol. The van der Waals surface area contributed by atoms with E-state index in [0.717, 1.165) is 26.3 Å². The van der Waals surface area contributed by atoms with Gasteiger partial charge in [-0.2, -0.15) is 0 Å². The van der Waals surface area contributed by atoms with Crippen LogP contribution in [0.5, 0.6) is 0 Å². The van der Waals surface area contributed by atoms with Crippen LogP contribution in [-0.4, -0.2) is 26.3 Å². The lowest BCUT2D eigenvalue weighted by molar-refractivity contribution is 0.122. The maximum absolute atomic E-state index is 5.37. The molecule has 1 aliphatic rings. The van der Waals surface area contributed by atoms with E-state index >= 15 is 0 Å². The largest absolute Gasteiger partial charge is 0.378 e. The molecule has 82 valence electrons. The molecule has 1 fully saturated rings. The Bertz CT molecular complexity index is 489. The first-order valence-electron chi connectivity index (χ1n) is 5.75. The summed E-state index contributed by atoms with van der Waals surface area (Å²) in [5.74, 6) is 0. The van der Waals surface area contributed by atoms with Crippen LogP contribution >= 0.6 is 0 Å². The smallest absolute Gasteiger partial charge is 0.0642 e. The summed E-state index contributed by atoms with van der Waals surface area (Å²) in [7, 11) is 0. The molecule has 0 aromatic heterocycles. The second-order valence-corrected chi connectivity index (χ2v) is 4.13. The number of ether oxygens (including phenoxy) is 1. The Morgan fingerprint density at radius 3 is 2.44 bits per heavy atom. The van der Waals surface area contributed by atoms with Gasteiger partial charge in [0.15, 0.2) is 0 Å². The van der Waals surface area contributed by atoms with E-state index in [2.05, 4.69) is 47.4 Å². The molecule has 2 heteroatoms. The van der Waals surface area contributed by atoms with Gasteiger partial charge in [0.1, 0.15) is 0 Å². The number of nitrogens with zero attached hydrogens (tertiary/aromatic N) is 1. The molecule has 3 rings (SSSR count). The van der Waals surface area contributed by atoms with E-state index in [1.165, 1.54) is 16.5 Å². The maximum atomic E-state index is 5.37. The van der Waals surface area contributed by atoms with Crippen molar-refractivity contribution in [1.82, 2.24) is 0 Å². The van der Waals surface area contributed by atoms with Gasteiger partial charge in [-0.05, 0) is 22.9 Å². The van der Waals surface area contributed by atoms with Crippen LogP contribution in [0.25, 0.3) is 10.8 Å². The summed E-state index contributed by atoms with van der Waals surface area (Å²) in [4.78, 5) is 2.38. The Morgan fingerprint density at radius 1 is 0.875 bits per heavy atom. The van der Waals surface area contributed by atoms with Crippen LogP contribution in [0.1, 0.15) is 0 Å². The van der Waals surface area contributed by atoms with Crippen LogP contribution in [0, 0.1) is 0 Å². The normalized spacial score (nSPS) is 16.6. The van der Waals surface area contributed by atoms with Crippen LogP contribution in [-0.2, 0) is 4.74 Å². The van der Waals surface area contributed by atoms with E-state index in [9.17, 15) is 0 Å². The zero-order chi connectivity index (χ0) is 10.8. The van der Waals surface area contributed by atoms with Crippen molar-refractivity contribution in [1.29, 1.82) is 0 Å². The number of morpholine rings is 1. The van der Waals surface area contributed by atoms with Crippen molar-refractivity contribution in [2.24, 2.45) is 0 Å². The first-order chi connectivity index (χ1) is 7.93. The summed E-state index contributed by atoms with van der Waals surface area (Å²) >= 11 is 0. The average Bonchev–Trinajstić information content (AvgIpc) is 2.39. The fourth-order valence-corrected chi connectivity index (χ4v) is 2.19. The monoisotopic (exact) mass is 213 g/mol. The van der Waals surface area contributed by atoms with Crippen molar-refractivity contribution >= 4 is 16.5 Å². The van der Waals surface area contributed by atoms with Crippen LogP contribution in [0.3, 0.4) is 0 Å². The number of benzene rings is 2. The molecule has 1 heterocycles. The summed E-state index contributed by atoms with van der Waals surface area (Å²) in [5, 5.41) is 2.62. The molecule has 2 aromatic rings. The highest BCUT2D eigenvalue weighted by atomic mass is 16.5. The van der Waals surface area contributed by atoms with E-state index in [1.807, 2.05) is 0 Å². The summed E-state index contributed by atoms with van der Waals surface area (Å²) in [6.07, 6.45) is 0. The third-order valence-corrected chi connectivity index (χ3v) is 3.11. The molecule has 1 aliphatic heterocycles. The zero-order valence-corrected chi connectivity index (χ0v) is 9.23. The van der Waals surface area contributed by atoms with Crippen LogP contribution < -0.4 is 4.90 Å². The lowest BCUT2D eigenvalue weighted by atomic mass is 10.1. The van der Waals surface area contributed by atoms with E-state index in [1.54, 1.807) is 0 Å². The number of hydrogen-bond acceptors (Lipinski definition) is 2. The molecule has 0 amide bonds. The number of rotatable bonds is 1. The molecule has 0 aliphatic carbocycles. The molecule has 16 heavy (non-hydrogen) atoms. The summed E-state index contributed by atoms with van der Waals surface area (Å²) < 4.78 is 5.37. The number of hydrogen-bond donors (Lipinski definition) is 0. The van der Waals surface area contributed by atoms with Gasteiger partial charge in [-0.3, -0.25) is 0 Å².